The van der Waals surface area contributed by atoms with Gasteiger partial charge in [-0.15, -0.1) is 0 Å². The summed E-state index contributed by atoms with van der Waals surface area (Å²) in [6, 6.07) is 14.4. The minimum absolute atomic E-state index is 0.00555. The number of halogens is 1. The summed E-state index contributed by atoms with van der Waals surface area (Å²) in [6.45, 7) is 3.46. The Balaban J connectivity index is 1.86. The van der Waals surface area contributed by atoms with Gasteiger partial charge < -0.3 is 9.32 Å². The molecule has 1 aliphatic rings. The van der Waals surface area contributed by atoms with Crippen LogP contribution in [0.25, 0.3) is 11.5 Å². The molecule has 0 aliphatic carbocycles. The number of aryl methyl sites for hydroxylation is 1. The summed E-state index contributed by atoms with van der Waals surface area (Å²) in [5.41, 5.74) is 1.74. The zero-order valence-electron chi connectivity index (χ0n) is 16.3. The SMILES string of the molecule is Cc1ccc(S(=O)(=O)c2nc(-c3ccccc3Br)oc2N2CCCCCC2)cc1. The van der Waals surface area contributed by atoms with E-state index in [1.54, 1.807) is 24.3 Å². The van der Waals surface area contributed by atoms with Crippen molar-refractivity contribution < 1.29 is 12.8 Å². The summed E-state index contributed by atoms with van der Waals surface area (Å²) < 4.78 is 33.8. The summed E-state index contributed by atoms with van der Waals surface area (Å²) >= 11 is 3.52. The molecule has 2 aromatic carbocycles. The number of sulfone groups is 1. The van der Waals surface area contributed by atoms with Gasteiger partial charge >= 0.3 is 0 Å². The summed E-state index contributed by atoms with van der Waals surface area (Å²) in [4.78, 5) is 6.75. The molecule has 2 heterocycles. The standard InChI is InChI=1S/C22H23BrN2O3S/c1-16-10-12-17(13-11-16)29(26,27)21-22(25-14-6-2-3-7-15-25)28-20(24-21)18-8-4-5-9-19(18)23/h4-5,8-13H,2-3,6-7,14-15H2,1H3. The quantitative estimate of drug-likeness (QED) is 0.490. The molecular weight excluding hydrogens is 452 g/mol. The van der Waals surface area contributed by atoms with Gasteiger partial charge in [-0.05, 0) is 60.0 Å². The number of nitrogens with zero attached hydrogens (tertiary/aromatic N) is 2. The fraction of sp³-hybridized carbons (Fsp3) is 0.318. The Kier molecular flexibility index (Phi) is 5.79. The lowest BCUT2D eigenvalue weighted by atomic mass is 10.2. The highest BCUT2D eigenvalue weighted by Gasteiger charge is 2.32. The fourth-order valence-electron chi connectivity index (χ4n) is 3.53. The highest BCUT2D eigenvalue weighted by Crippen LogP contribution is 2.37. The average Bonchev–Trinajstić information content (AvgIpc) is 2.98. The molecule has 1 aliphatic heterocycles. The maximum Gasteiger partial charge on any atom is 0.236 e. The van der Waals surface area contributed by atoms with E-state index < -0.39 is 9.84 Å². The van der Waals surface area contributed by atoms with Crippen LogP contribution in [-0.2, 0) is 9.84 Å². The van der Waals surface area contributed by atoms with E-state index in [1.807, 2.05) is 36.1 Å². The van der Waals surface area contributed by atoms with Crippen molar-refractivity contribution in [2.75, 3.05) is 18.0 Å². The van der Waals surface area contributed by atoms with Crippen LogP contribution in [0.2, 0.25) is 0 Å². The predicted molar refractivity (Wildman–Crippen MR) is 117 cm³/mol. The van der Waals surface area contributed by atoms with Crippen LogP contribution in [0.1, 0.15) is 31.2 Å². The zero-order chi connectivity index (χ0) is 20.4. The number of oxazole rings is 1. The van der Waals surface area contributed by atoms with Gasteiger partial charge in [0, 0.05) is 17.6 Å². The number of anilines is 1. The van der Waals surface area contributed by atoms with E-state index in [4.69, 9.17) is 4.42 Å². The van der Waals surface area contributed by atoms with E-state index in [-0.39, 0.29) is 9.92 Å². The lowest BCUT2D eigenvalue weighted by Gasteiger charge is -2.20. The molecule has 0 saturated carbocycles. The molecular formula is C22H23BrN2O3S. The molecule has 0 atom stereocenters. The Labute approximate surface area is 179 Å². The van der Waals surface area contributed by atoms with Gasteiger partial charge in [-0.1, -0.05) is 42.7 Å². The van der Waals surface area contributed by atoms with Crippen LogP contribution in [0.5, 0.6) is 0 Å². The highest BCUT2D eigenvalue weighted by atomic mass is 79.9. The molecule has 1 aromatic heterocycles. The van der Waals surface area contributed by atoms with Crippen molar-refractivity contribution >= 4 is 31.7 Å². The molecule has 0 amide bonds. The number of benzene rings is 2. The number of hydrogen-bond donors (Lipinski definition) is 0. The van der Waals surface area contributed by atoms with Crippen LogP contribution >= 0.6 is 15.9 Å². The van der Waals surface area contributed by atoms with E-state index >= 15 is 0 Å². The first kappa shape index (κ1) is 20.2. The summed E-state index contributed by atoms with van der Waals surface area (Å²) in [5.74, 6) is 0.653. The normalized spacial score (nSPS) is 15.3. The predicted octanol–water partition coefficient (Wildman–Crippen LogP) is 5.63. The second kappa shape index (κ2) is 8.32. The average molecular weight is 475 g/mol. The third-order valence-electron chi connectivity index (χ3n) is 5.16. The first-order valence-corrected chi connectivity index (χ1v) is 12.1. The van der Waals surface area contributed by atoms with E-state index in [0.29, 0.717) is 11.8 Å². The van der Waals surface area contributed by atoms with E-state index in [1.165, 1.54) is 0 Å². The van der Waals surface area contributed by atoms with Gasteiger partial charge in [0.05, 0.1) is 10.5 Å². The first-order valence-electron chi connectivity index (χ1n) is 9.79. The first-order chi connectivity index (χ1) is 14.0. The Hall–Kier alpha value is -2.12. The molecule has 0 radical (unpaired) electrons. The van der Waals surface area contributed by atoms with Gasteiger partial charge in [0.1, 0.15) is 0 Å². The molecule has 0 unspecified atom stereocenters. The van der Waals surface area contributed by atoms with Crippen molar-refractivity contribution in [3.8, 4) is 11.5 Å². The van der Waals surface area contributed by atoms with Gasteiger partial charge in [0.2, 0.25) is 26.6 Å². The van der Waals surface area contributed by atoms with Crippen molar-refractivity contribution in [1.29, 1.82) is 0 Å². The molecule has 152 valence electrons. The number of hydrogen-bond acceptors (Lipinski definition) is 5. The number of rotatable bonds is 4. The number of aromatic nitrogens is 1. The molecule has 0 spiro atoms. The largest absolute Gasteiger partial charge is 0.419 e. The maximum atomic E-state index is 13.5. The second-order valence-electron chi connectivity index (χ2n) is 7.33. The van der Waals surface area contributed by atoms with Crippen LogP contribution < -0.4 is 4.90 Å². The minimum Gasteiger partial charge on any atom is -0.419 e. The van der Waals surface area contributed by atoms with Gasteiger partial charge in [0.15, 0.2) is 0 Å². The Morgan fingerprint density at radius 2 is 1.62 bits per heavy atom. The van der Waals surface area contributed by atoms with Crippen molar-refractivity contribution in [3.63, 3.8) is 0 Å². The second-order valence-corrected chi connectivity index (χ2v) is 10.0. The smallest absolute Gasteiger partial charge is 0.236 e. The molecule has 7 heteroatoms. The van der Waals surface area contributed by atoms with Gasteiger partial charge in [-0.2, -0.15) is 4.98 Å². The van der Waals surface area contributed by atoms with Gasteiger partial charge in [-0.25, -0.2) is 8.42 Å². The van der Waals surface area contributed by atoms with Crippen molar-refractivity contribution in [2.24, 2.45) is 0 Å². The van der Waals surface area contributed by atoms with Gasteiger partial charge in [0.25, 0.3) is 0 Å². The monoisotopic (exact) mass is 474 g/mol. The Morgan fingerprint density at radius 3 is 2.28 bits per heavy atom. The summed E-state index contributed by atoms with van der Waals surface area (Å²) in [7, 11) is -3.81. The molecule has 5 nitrogen and oxygen atoms in total. The van der Waals surface area contributed by atoms with Crippen molar-refractivity contribution in [3.05, 3.63) is 58.6 Å². The van der Waals surface area contributed by atoms with E-state index in [2.05, 4.69) is 20.9 Å². The fourth-order valence-corrected chi connectivity index (χ4v) is 5.30. The Bertz CT molecular complexity index is 1100. The Morgan fingerprint density at radius 1 is 0.966 bits per heavy atom. The third-order valence-corrected chi connectivity index (χ3v) is 7.52. The van der Waals surface area contributed by atoms with E-state index in [9.17, 15) is 8.42 Å². The van der Waals surface area contributed by atoms with E-state index in [0.717, 1.165) is 54.4 Å². The van der Waals surface area contributed by atoms with Crippen LogP contribution in [0.3, 0.4) is 0 Å². The molecule has 3 aromatic rings. The lowest BCUT2D eigenvalue weighted by molar-refractivity contribution is 0.543. The van der Waals surface area contributed by atoms with Crippen LogP contribution in [-0.4, -0.2) is 26.5 Å². The van der Waals surface area contributed by atoms with Crippen molar-refractivity contribution in [1.82, 2.24) is 4.98 Å². The molecule has 0 bridgehead atoms. The summed E-state index contributed by atoms with van der Waals surface area (Å²) in [5, 5.41) is -0.00555. The molecule has 29 heavy (non-hydrogen) atoms. The zero-order valence-corrected chi connectivity index (χ0v) is 18.7. The van der Waals surface area contributed by atoms with Crippen LogP contribution in [0.15, 0.2) is 67.3 Å². The maximum absolute atomic E-state index is 13.5. The topological polar surface area (TPSA) is 63.4 Å². The van der Waals surface area contributed by atoms with Crippen LogP contribution in [0.4, 0.5) is 5.88 Å². The minimum atomic E-state index is -3.81. The van der Waals surface area contributed by atoms with Crippen molar-refractivity contribution in [2.45, 2.75) is 42.5 Å². The third kappa shape index (κ3) is 4.12. The molecule has 1 fully saturated rings. The van der Waals surface area contributed by atoms with Crippen LogP contribution in [0, 0.1) is 6.92 Å². The highest BCUT2D eigenvalue weighted by molar-refractivity contribution is 9.10. The summed E-state index contributed by atoms with van der Waals surface area (Å²) in [6.07, 6.45) is 4.30. The molecule has 0 N–H and O–H groups in total. The molecule has 4 rings (SSSR count). The van der Waals surface area contributed by atoms with Gasteiger partial charge in [-0.3, -0.25) is 0 Å². The molecule has 1 saturated heterocycles. The lowest BCUT2D eigenvalue weighted by Crippen LogP contribution is -2.25.